The van der Waals surface area contributed by atoms with Crippen LogP contribution in [0.5, 0.6) is 5.75 Å². The summed E-state index contributed by atoms with van der Waals surface area (Å²) in [5.41, 5.74) is 1.46. The van der Waals surface area contributed by atoms with Crippen molar-refractivity contribution in [1.29, 1.82) is 0 Å². The van der Waals surface area contributed by atoms with E-state index in [1.54, 1.807) is 43.4 Å². The number of benzene rings is 1. The summed E-state index contributed by atoms with van der Waals surface area (Å²) in [4.78, 5) is 22.6. The van der Waals surface area contributed by atoms with Crippen LogP contribution in [0.25, 0.3) is 11.1 Å². The van der Waals surface area contributed by atoms with Gasteiger partial charge in [-0.3, -0.25) is 4.79 Å². The van der Waals surface area contributed by atoms with Gasteiger partial charge in [0.25, 0.3) is 0 Å². The second-order valence-corrected chi connectivity index (χ2v) is 11.2. The minimum atomic E-state index is -3.93. The van der Waals surface area contributed by atoms with E-state index in [0.717, 1.165) is 30.4 Å². The highest BCUT2D eigenvalue weighted by Crippen LogP contribution is 2.36. The van der Waals surface area contributed by atoms with E-state index in [1.807, 2.05) is 6.92 Å². The van der Waals surface area contributed by atoms with Crippen molar-refractivity contribution >= 4 is 15.9 Å². The van der Waals surface area contributed by atoms with E-state index >= 15 is 0 Å². The fourth-order valence-electron chi connectivity index (χ4n) is 4.40. The molecule has 1 saturated carbocycles. The van der Waals surface area contributed by atoms with Gasteiger partial charge in [0.2, 0.25) is 15.9 Å². The van der Waals surface area contributed by atoms with Crippen LogP contribution in [0, 0.1) is 11.8 Å². The fraction of sp³-hybridized carbons (Fsp3) is 0.542. The zero-order valence-corrected chi connectivity index (χ0v) is 20.6. The van der Waals surface area contributed by atoms with E-state index in [2.05, 4.69) is 9.97 Å². The van der Waals surface area contributed by atoms with Crippen molar-refractivity contribution in [2.24, 2.45) is 11.8 Å². The number of rotatable bonds is 6. The number of amides is 1. The van der Waals surface area contributed by atoms with Crippen LogP contribution in [0.2, 0.25) is 0 Å². The van der Waals surface area contributed by atoms with Crippen molar-refractivity contribution in [3.8, 4) is 16.9 Å². The molecule has 0 unspecified atom stereocenters. The number of aromatic nitrogens is 2. The molecule has 0 radical (unpaired) electrons. The van der Waals surface area contributed by atoms with Gasteiger partial charge in [0.1, 0.15) is 23.1 Å². The highest BCUT2D eigenvalue weighted by molar-refractivity contribution is 7.89. The van der Waals surface area contributed by atoms with E-state index in [-0.39, 0.29) is 41.5 Å². The molecule has 184 valence electrons. The molecule has 1 amide bonds. The lowest BCUT2D eigenvalue weighted by molar-refractivity contribution is -0.138. The molecule has 1 aliphatic heterocycles. The molecule has 1 aromatic carbocycles. The van der Waals surface area contributed by atoms with Crippen LogP contribution in [0.3, 0.4) is 0 Å². The fourth-order valence-corrected chi connectivity index (χ4v) is 6.22. The number of sulfonamides is 1. The standard InChI is InChI=1S/C24H32N4O5S/c1-16-12-28(17(2)14-29)34(31,32)23-8-7-19(20-10-25-15-26-11-20)9-21(23)33-22(16)13-27(3)24(30)18-5-4-6-18/h7-11,15-18,22,29H,4-6,12-14H2,1-3H3/t16-,17-,22+/m0/s1. The van der Waals surface area contributed by atoms with Gasteiger partial charge in [-0.05, 0) is 37.5 Å². The maximum atomic E-state index is 13.6. The summed E-state index contributed by atoms with van der Waals surface area (Å²) in [6.07, 6.45) is 7.20. The quantitative estimate of drug-likeness (QED) is 0.663. The summed E-state index contributed by atoms with van der Waals surface area (Å²) in [6, 6.07) is 4.31. The number of aliphatic hydroxyl groups excluding tert-OH is 1. The molecule has 2 aromatic rings. The Kier molecular flexibility index (Phi) is 7.20. The van der Waals surface area contributed by atoms with Gasteiger partial charge in [0.15, 0.2) is 0 Å². The minimum absolute atomic E-state index is 0.0401. The number of carbonyl (C=O) groups excluding carboxylic acids is 1. The normalized spacial score (nSPS) is 23.5. The zero-order chi connectivity index (χ0) is 24.5. The van der Waals surface area contributed by atoms with E-state index in [1.165, 1.54) is 16.7 Å². The summed E-state index contributed by atoms with van der Waals surface area (Å²) in [7, 11) is -2.15. The van der Waals surface area contributed by atoms with Crippen molar-refractivity contribution in [2.45, 2.75) is 50.2 Å². The largest absolute Gasteiger partial charge is 0.487 e. The Morgan fingerprint density at radius 1 is 1.26 bits per heavy atom. The highest BCUT2D eigenvalue weighted by atomic mass is 32.2. The van der Waals surface area contributed by atoms with Crippen molar-refractivity contribution in [1.82, 2.24) is 19.2 Å². The monoisotopic (exact) mass is 488 g/mol. The molecule has 10 heteroatoms. The topological polar surface area (TPSA) is 113 Å². The number of fused-ring (bicyclic) bond motifs is 1. The van der Waals surface area contributed by atoms with E-state index in [4.69, 9.17) is 4.74 Å². The van der Waals surface area contributed by atoms with Crippen molar-refractivity contribution in [2.75, 3.05) is 26.7 Å². The third kappa shape index (κ3) is 4.80. The number of aliphatic hydroxyl groups is 1. The molecule has 9 nitrogen and oxygen atoms in total. The Labute approximate surface area is 200 Å². The van der Waals surface area contributed by atoms with Crippen LogP contribution >= 0.6 is 0 Å². The summed E-state index contributed by atoms with van der Waals surface area (Å²) in [6.45, 7) is 3.82. The highest BCUT2D eigenvalue weighted by Gasteiger charge is 2.39. The third-order valence-corrected chi connectivity index (χ3v) is 8.86. The zero-order valence-electron chi connectivity index (χ0n) is 19.8. The number of ether oxygens (including phenoxy) is 1. The molecule has 1 aliphatic carbocycles. The average molecular weight is 489 g/mol. The first-order valence-electron chi connectivity index (χ1n) is 11.7. The third-order valence-electron chi connectivity index (χ3n) is 6.85. The van der Waals surface area contributed by atoms with E-state index in [0.29, 0.717) is 6.54 Å². The van der Waals surface area contributed by atoms with Gasteiger partial charge in [-0.25, -0.2) is 18.4 Å². The molecule has 34 heavy (non-hydrogen) atoms. The summed E-state index contributed by atoms with van der Waals surface area (Å²) in [5.74, 6) is 0.166. The van der Waals surface area contributed by atoms with Gasteiger partial charge < -0.3 is 14.7 Å². The predicted molar refractivity (Wildman–Crippen MR) is 126 cm³/mol. The first-order chi connectivity index (χ1) is 16.2. The molecular formula is C24H32N4O5S. The van der Waals surface area contributed by atoms with E-state index < -0.39 is 22.2 Å². The SMILES string of the molecule is C[C@H]1CN([C@@H](C)CO)S(=O)(=O)c2ccc(-c3cncnc3)cc2O[C@@H]1CN(C)C(=O)C1CCC1. The average Bonchev–Trinajstić information content (AvgIpc) is 2.79. The van der Waals surface area contributed by atoms with Crippen LogP contribution in [-0.4, -0.2) is 77.5 Å². The molecule has 1 aromatic heterocycles. The molecule has 1 fully saturated rings. The molecule has 0 saturated heterocycles. The first-order valence-corrected chi connectivity index (χ1v) is 13.1. The van der Waals surface area contributed by atoms with Crippen LogP contribution in [-0.2, 0) is 14.8 Å². The van der Waals surface area contributed by atoms with Gasteiger partial charge in [0.05, 0.1) is 13.2 Å². The van der Waals surface area contributed by atoms with Crippen LogP contribution in [0.1, 0.15) is 33.1 Å². The molecular weight excluding hydrogens is 456 g/mol. The number of hydrogen-bond donors (Lipinski definition) is 1. The van der Waals surface area contributed by atoms with Crippen LogP contribution < -0.4 is 4.74 Å². The number of likely N-dealkylation sites (N-methyl/N-ethyl adjacent to an activating group) is 1. The Balaban J connectivity index is 1.74. The molecule has 0 spiro atoms. The smallest absolute Gasteiger partial charge is 0.247 e. The van der Waals surface area contributed by atoms with Crippen LogP contribution in [0.15, 0.2) is 41.8 Å². The molecule has 2 aliphatic rings. The van der Waals surface area contributed by atoms with Gasteiger partial charge in [0, 0.05) is 49.4 Å². The summed E-state index contributed by atoms with van der Waals surface area (Å²) >= 11 is 0. The number of nitrogens with zero attached hydrogens (tertiary/aromatic N) is 4. The molecule has 2 heterocycles. The molecule has 3 atom stereocenters. The Hall–Kier alpha value is -2.56. The maximum Gasteiger partial charge on any atom is 0.247 e. The number of carbonyl (C=O) groups is 1. The lowest BCUT2D eigenvalue weighted by atomic mass is 9.84. The van der Waals surface area contributed by atoms with Gasteiger partial charge in [-0.15, -0.1) is 0 Å². The lowest BCUT2D eigenvalue weighted by Gasteiger charge is -2.38. The second kappa shape index (κ2) is 9.97. The Morgan fingerprint density at radius 3 is 2.59 bits per heavy atom. The van der Waals surface area contributed by atoms with Gasteiger partial charge >= 0.3 is 0 Å². The Morgan fingerprint density at radius 2 is 1.97 bits per heavy atom. The van der Waals surface area contributed by atoms with Crippen molar-refractivity contribution in [3.63, 3.8) is 0 Å². The first kappa shape index (κ1) is 24.6. The van der Waals surface area contributed by atoms with Gasteiger partial charge in [-0.2, -0.15) is 4.31 Å². The lowest BCUT2D eigenvalue weighted by Crippen LogP contribution is -2.50. The molecule has 1 N–H and O–H groups in total. The summed E-state index contributed by atoms with van der Waals surface area (Å²) < 4.78 is 34.9. The van der Waals surface area contributed by atoms with Gasteiger partial charge in [-0.1, -0.05) is 19.4 Å². The molecule has 0 bridgehead atoms. The molecule has 4 rings (SSSR count). The maximum absolute atomic E-state index is 13.6. The van der Waals surface area contributed by atoms with Crippen LogP contribution in [0.4, 0.5) is 0 Å². The summed E-state index contributed by atoms with van der Waals surface area (Å²) in [5, 5.41) is 9.78. The van der Waals surface area contributed by atoms with Crippen molar-refractivity contribution < 1.29 is 23.1 Å². The van der Waals surface area contributed by atoms with E-state index in [9.17, 15) is 18.3 Å². The Bertz CT molecular complexity index is 1120. The number of hydrogen-bond acceptors (Lipinski definition) is 7. The second-order valence-electron chi connectivity index (χ2n) is 9.38. The predicted octanol–water partition coefficient (Wildman–Crippen LogP) is 2.17. The van der Waals surface area contributed by atoms with Crippen molar-refractivity contribution in [3.05, 3.63) is 36.9 Å². The minimum Gasteiger partial charge on any atom is -0.487 e.